The lowest BCUT2D eigenvalue weighted by Crippen LogP contribution is -2.42. The Morgan fingerprint density at radius 2 is 1.89 bits per heavy atom. The van der Waals surface area contributed by atoms with E-state index in [1.54, 1.807) is 47.4 Å². The van der Waals surface area contributed by atoms with Crippen LogP contribution in [-0.4, -0.2) is 86.3 Å². The number of amides is 3. The zero-order valence-electron chi connectivity index (χ0n) is 23.6. The second kappa shape index (κ2) is 14.3. The monoisotopic (exact) mass is 641 g/mol. The van der Waals surface area contributed by atoms with Crippen molar-refractivity contribution in [3.05, 3.63) is 70.4 Å². The van der Waals surface area contributed by atoms with Crippen LogP contribution in [0.3, 0.4) is 0 Å². The van der Waals surface area contributed by atoms with Gasteiger partial charge in [-0.1, -0.05) is 23.2 Å². The summed E-state index contributed by atoms with van der Waals surface area (Å²) in [7, 11) is 1.46. The molecule has 5 rings (SSSR count). The molecule has 1 aliphatic heterocycles. The summed E-state index contributed by atoms with van der Waals surface area (Å²) in [4.78, 5) is 47.4. The Morgan fingerprint density at radius 3 is 2.59 bits per heavy atom. The number of hydrogen-bond acceptors (Lipinski definition) is 9. The van der Waals surface area contributed by atoms with Gasteiger partial charge in [-0.2, -0.15) is 0 Å². The second-order valence-corrected chi connectivity index (χ2v) is 10.6. The quantitative estimate of drug-likeness (QED) is 0.235. The van der Waals surface area contributed by atoms with Crippen LogP contribution in [0, 0.1) is 0 Å². The van der Waals surface area contributed by atoms with E-state index in [0.29, 0.717) is 66.3 Å². The van der Waals surface area contributed by atoms with Crippen molar-refractivity contribution in [3.63, 3.8) is 0 Å². The van der Waals surface area contributed by atoms with Crippen molar-refractivity contribution >= 4 is 41.1 Å². The number of imidazole rings is 1. The lowest BCUT2D eigenvalue weighted by atomic mass is 10.1. The number of ether oxygens (including phenoxy) is 2. The maximum absolute atomic E-state index is 13.3. The number of nitrogens with one attached hydrogen (secondary N) is 3. The molecule has 1 saturated heterocycles. The fraction of sp³-hybridized carbons (Fsp3) is 0.321. The van der Waals surface area contributed by atoms with Crippen molar-refractivity contribution in [2.75, 3.05) is 33.4 Å². The maximum Gasteiger partial charge on any atom is 0.412 e. The molecule has 1 fully saturated rings. The van der Waals surface area contributed by atoms with Crippen LogP contribution < -0.4 is 15.4 Å². The van der Waals surface area contributed by atoms with Crippen molar-refractivity contribution in [1.29, 1.82) is 0 Å². The molecule has 16 heteroatoms. The fourth-order valence-electron chi connectivity index (χ4n) is 4.66. The summed E-state index contributed by atoms with van der Waals surface area (Å²) >= 11 is 12.8. The van der Waals surface area contributed by atoms with Crippen molar-refractivity contribution in [1.82, 2.24) is 45.7 Å². The molecule has 3 heterocycles. The minimum absolute atomic E-state index is 0.0407. The number of carbonyl (C=O) groups is 3. The molecule has 230 valence electrons. The van der Waals surface area contributed by atoms with Crippen molar-refractivity contribution in [3.8, 4) is 22.7 Å². The Morgan fingerprint density at radius 1 is 1.11 bits per heavy atom. The lowest BCUT2D eigenvalue weighted by Gasteiger charge is -2.28. The molecular formula is C28H29Cl2N9O5. The average Bonchev–Trinajstić information content (AvgIpc) is 3.71. The van der Waals surface area contributed by atoms with Gasteiger partial charge in [-0.3, -0.25) is 9.59 Å². The Bertz CT molecular complexity index is 1610. The number of aryl methyl sites for hydroxylation is 1. The van der Waals surface area contributed by atoms with E-state index in [9.17, 15) is 14.4 Å². The third kappa shape index (κ3) is 7.70. The highest BCUT2D eigenvalue weighted by Gasteiger charge is 2.27. The summed E-state index contributed by atoms with van der Waals surface area (Å²) in [6.07, 6.45) is 1.25. The van der Waals surface area contributed by atoms with E-state index in [-0.39, 0.29) is 29.8 Å². The van der Waals surface area contributed by atoms with E-state index < -0.39 is 12.1 Å². The highest BCUT2D eigenvalue weighted by Crippen LogP contribution is 2.30. The molecular weight excluding hydrogens is 613 g/mol. The topological polar surface area (TPSA) is 169 Å². The van der Waals surface area contributed by atoms with Crippen LogP contribution in [0.5, 0.6) is 5.75 Å². The summed E-state index contributed by atoms with van der Waals surface area (Å²) < 4.78 is 12.0. The number of nitrogens with zero attached hydrogens (tertiary/aromatic N) is 6. The predicted molar refractivity (Wildman–Crippen MR) is 160 cm³/mol. The van der Waals surface area contributed by atoms with Gasteiger partial charge in [-0.15, -0.1) is 5.10 Å². The first-order valence-corrected chi connectivity index (χ1v) is 14.5. The van der Waals surface area contributed by atoms with Crippen LogP contribution in [0.4, 0.5) is 4.79 Å². The van der Waals surface area contributed by atoms with Gasteiger partial charge in [0.25, 0.3) is 0 Å². The first-order chi connectivity index (χ1) is 21.3. The van der Waals surface area contributed by atoms with E-state index in [1.807, 2.05) is 0 Å². The van der Waals surface area contributed by atoms with Gasteiger partial charge in [-0.25, -0.2) is 14.5 Å². The second-order valence-electron chi connectivity index (χ2n) is 9.79. The first-order valence-electron chi connectivity index (χ1n) is 13.7. The minimum atomic E-state index is -0.793. The molecule has 3 amide bonds. The van der Waals surface area contributed by atoms with E-state index in [2.05, 4.69) is 36.1 Å². The van der Waals surface area contributed by atoms with Gasteiger partial charge in [0.05, 0.1) is 31.4 Å². The summed E-state index contributed by atoms with van der Waals surface area (Å²) in [6, 6.07) is 11.1. The molecule has 0 spiro atoms. The van der Waals surface area contributed by atoms with Gasteiger partial charge < -0.3 is 30.0 Å². The molecule has 0 aliphatic carbocycles. The summed E-state index contributed by atoms with van der Waals surface area (Å²) in [6.45, 7) is 1.82. The number of halogens is 2. The molecule has 0 bridgehead atoms. The van der Waals surface area contributed by atoms with Crippen molar-refractivity contribution < 1.29 is 23.9 Å². The largest absolute Gasteiger partial charge is 0.412 e. The smallest absolute Gasteiger partial charge is 0.410 e. The van der Waals surface area contributed by atoms with Crippen LogP contribution in [0.25, 0.3) is 16.9 Å². The molecule has 2 aromatic heterocycles. The molecule has 0 radical (unpaired) electrons. The van der Waals surface area contributed by atoms with E-state index in [1.165, 1.54) is 18.1 Å². The number of tetrazole rings is 1. The van der Waals surface area contributed by atoms with Crippen LogP contribution in [0.2, 0.25) is 10.2 Å². The third-order valence-electron chi connectivity index (χ3n) is 6.89. The molecule has 2 aromatic carbocycles. The number of hydrogen-bond donors (Lipinski definition) is 3. The molecule has 4 aromatic rings. The highest BCUT2D eigenvalue weighted by molar-refractivity contribution is 6.32. The molecule has 44 heavy (non-hydrogen) atoms. The van der Waals surface area contributed by atoms with Crippen LogP contribution >= 0.6 is 23.2 Å². The predicted octanol–water partition coefficient (Wildman–Crippen LogP) is 3.12. The number of aromatic amines is 1. The molecule has 14 nitrogen and oxygen atoms in total. The van der Waals surface area contributed by atoms with Gasteiger partial charge in [-0.05, 0) is 64.9 Å². The first kappa shape index (κ1) is 30.9. The molecule has 1 atom stereocenters. The van der Waals surface area contributed by atoms with Crippen molar-refractivity contribution in [2.24, 2.45) is 0 Å². The van der Waals surface area contributed by atoms with E-state index in [4.69, 9.17) is 32.7 Å². The van der Waals surface area contributed by atoms with Crippen LogP contribution in [-0.2, 0) is 20.7 Å². The van der Waals surface area contributed by atoms with Gasteiger partial charge >= 0.3 is 6.09 Å². The molecule has 1 unspecified atom stereocenters. The number of benzene rings is 2. The summed E-state index contributed by atoms with van der Waals surface area (Å²) in [5, 5.41) is 17.4. The van der Waals surface area contributed by atoms with Gasteiger partial charge in [0, 0.05) is 37.1 Å². The molecule has 1 aliphatic rings. The summed E-state index contributed by atoms with van der Waals surface area (Å²) in [5.74, 6) is 0.198. The number of H-pyrrole nitrogens is 1. The highest BCUT2D eigenvalue weighted by atomic mass is 35.5. The van der Waals surface area contributed by atoms with Crippen LogP contribution in [0.15, 0.2) is 48.8 Å². The average molecular weight is 643 g/mol. The van der Waals surface area contributed by atoms with Gasteiger partial charge in [0.15, 0.2) is 0 Å². The Labute approximate surface area is 262 Å². The fourth-order valence-corrected chi connectivity index (χ4v) is 5.10. The zero-order valence-corrected chi connectivity index (χ0v) is 25.1. The Balaban J connectivity index is 1.34. The third-order valence-corrected chi connectivity index (χ3v) is 7.40. The minimum Gasteiger partial charge on any atom is -0.410 e. The van der Waals surface area contributed by atoms with Crippen molar-refractivity contribution in [2.45, 2.75) is 25.3 Å². The number of carbonyl (C=O) groups excluding carboxylic acids is 3. The normalized spacial score (nSPS) is 13.8. The standard InChI is InChI=1S/C28H29Cl2N9O5/c1-31-28(42)44-20-6-2-17(3-7-20)25-26(30)35-27(34-25)21(15-24(41)38-10-12-43-13-11-38)33-23(40)9-4-18-14-19(29)5-8-22(18)39-16-32-36-37-39/h2-3,5-8,14,16,21H,4,9-13,15H2,1H3,(H,31,42)(H,33,40)(H,34,35). The number of aromatic nitrogens is 6. The van der Waals surface area contributed by atoms with Gasteiger partial charge in [0.2, 0.25) is 11.8 Å². The molecule has 3 N–H and O–H groups in total. The number of rotatable bonds is 10. The maximum atomic E-state index is 13.3. The zero-order chi connectivity index (χ0) is 31.1. The summed E-state index contributed by atoms with van der Waals surface area (Å²) in [5.41, 5.74) is 2.52. The van der Waals surface area contributed by atoms with Crippen LogP contribution in [0.1, 0.15) is 30.3 Å². The Kier molecular flexibility index (Phi) is 10.0. The van der Waals surface area contributed by atoms with E-state index in [0.717, 1.165) is 5.56 Å². The molecule has 0 saturated carbocycles. The van der Waals surface area contributed by atoms with E-state index >= 15 is 0 Å². The van der Waals surface area contributed by atoms with Gasteiger partial charge in [0.1, 0.15) is 28.7 Å². The lowest BCUT2D eigenvalue weighted by molar-refractivity contribution is -0.136. The number of morpholine rings is 1. The Hall–Kier alpha value is -4.53. The SMILES string of the molecule is CNC(=O)Oc1ccc(-c2nc(C(CC(=O)N3CCOCC3)NC(=O)CCc3cc(Cl)ccc3-n3cnnn3)[nH]c2Cl)cc1.